The first-order valence-corrected chi connectivity index (χ1v) is 6.30. The quantitative estimate of drug-likeness (QED) is 0.389. The number of aliphatic hydroxyl groups excluding tert-OH is 1. The molecule has 1 saturated heterocycles. The minimum absolute atomic E-state index is 0.212. The van der Waals surface area contributed by atoms with Gasteiger partial charge in [-0.1, -0.05) is 0 Å². The van der Waals surface area contributed by atoms with Crippen molar-refractivity contribution in [1.29, 1.82) is 0 Å². The van der Waals surface area contributed by atoms with Crippen LogP contribution in [0.5, 0.6) is 0 Å². The van der Waals surface area contributed by atoms with E-state index in [1.807, 2.05) is 17.6 Å². The summed E-state index contributed by atoms with van der Waals surface area (Å²) >= 11 is 0. The molecular formula is C12H19N5O2. The van der Waals surface area contributed by atoms with E-state index in [0.29, 0.717) is 5.69 Å². The van der Waals surface area contributed by atoms with Crippen LogP contribution in [-0.2, 0) is 0 Å². The van der Waals surface area contributed by atoms with E-state index in [1.54, 1.807) is 6.20 Å². The van der Waals surface area contributed by atoms with E-state index in [9.17, 15) is 0 Å². The number of aromatic nitrogens is 1. The molecule has 1 aromatic heterocycles. The second-order valence-corrected chi connectivity index (χ2v) is 4.31. The Morgan fingerprint density at radius 1 is 1.32 bits per heavy atom. The summed E-state index contributed by atoms with van der Waals surface area (Å²) in [6.45, 7) is 4.65. The molecule has 1 aliphatic rings. The van der Waals surface area contributed by atoms with Crippen molar-refractivity contribution in [3.63, 3.8) is 0 Å². The summed E-state index contributed by atoms with van der Waals surface area (Å²) in [5.41, 5.74) is 2.54. The van der Waals surface area contributed by atoms with Gasteiger partial charge in [-0.25, -0.2) is 9.98 Å². The average Bonchev–Trinajstić information content (AvgIpc) is 2.47. The van der Waals surface area contributed by atoms with Gasteiger partial charge in [0.15, 0.2) is 0 Å². The molecule has 0 spiro atoms. The molecule has 0 aromatic carbocycles. The van der Waals surface area contributed by atoms with Crippen LogP contribution < -0.4 is 10.4 Å². The fourth-order valence-corrected chi connectivity index (χ4v) is 2.09. The second-order valence-electron chi connectivity index (χ2n) is 4.31. The Balaban J connectivity index is 1.91. The molecular weight excluding hydrogens is 246 g/mol. The van der Waals surface area contributed by atoms with Crippen LogP contribution in [0.3, 0.4) is 0 Å². The second kappa shape index (κ2) is 7.03. The van der Waals surface area contributed by atoms with E-state index >= 15 is 0 Å². The van der Waals surface area contributed by atoms with Gasteiger partial charge in [0.05, 0.1) is 18.5 Å². The number of pyridine rings is 1. The molecule has 0 amide bonds. The van der Waals surface area contributed by atoms with Crippen molar-refractivity contribution >= 4 is 17.8 Å². The predicted octanol–water partition coefficient (Wildman–Crippen LogP) is -0.165. The Morgan fingerprint density at radius 2 is 2.11 bits per heavy atom. The summed E-state index contributed by atoms with van der Waals surface area (Å²) in [5.74, 6) is 0.930. The zero-order valence-corrected chi connectivity index (χ0v) is 10.7. The number of aliphatic imine (C=N–C) groups is 1. The van der Waals surface area contributed by atoms with Gasteiger partial charge >= 0.3 is 0 Å². The van der Waals surface area contributed by atoms with Gasteiger partial charge in [-0.3, -0.25) is 15.6 Å². The molecule has 104 valence electrons. The van der Waals surface area contributed by atoms with Crippen molar-refractivity contribution < 1.29 is 10.3 Å². The van der Waals surface area contributed by atoms with Gasteiger partial charge in [-0.05, 0) is 12.1 Å². The first-order chi connectivity index (χ1) is 9.33. The number of nitrogens with one attached hydrogen (secondary N) is 1. The first kappa shape index (κ1) is 13.7. The molecule has 0 radical (unpaired) electrons. The number of hydrogen-bond acceptors (Lipinski definition) is 6. The number of β-amino-alcohol motifs (C(OH)–C–C–N with tert-alkyl or cyclic N) is 1. The van der Waals surface area contributed by atoms with Crippen molar-refractivity contribution in [2.24, 2.45) is 4.99 Å². The number of nitrogens with zero attached hydrogens (tertiary/aromatic N) is 4. The molecule has 0 unspecified atom stereocenters. The maximum atomic E-state index is 8.90. The fraction of sp³-hybridized carbons (Fsp3) is 0.500. The number of rotatable bonds is 5. The average molecular weight is 265 g/mol. The van der Waals surface area contributed by atoms with Gasteiger partial charge in [0, 0.05) is 32.7 Å². The Morgan fingerprint density at radius 3 is 2.68 bits per heavy atom. The minimum atomic E-state index is 0.212. The molecule has 1 aromatic rings. The lowest BCUT2D eigenvalue weighted by molar-refractivity contribution is 0.188. The van der Waals surface area contributed by atoms with Crippen LogP contribution in [0.25, 0.3) is 0 Å². The number of hydrogen-bond donors (Lipinski definition) is 3. The van der Waals surface area contributed by atoms with E-state index in [2.05, 4.69) is 19.8 Å². The van der Waals surface area contributed by atoms with Crippen molar-refractivity contribution in [1.82, 2.24) is 15.4 Å². The summed E-state index contributed by atoms with van der Waals surface area (Å²) in [6.07, 6.45) is 2.87. The highest BCUT2D eigenvalue weighted by Gasteiger charge is 2.17. The number of piperazine rings is 1. The van der Waals surface area contributed by atoms with Gasteiger partial charge in [-0.2, -0.15) is 0 Å². The molecule has 0 bridgehead atoms. The monoisotopic (exact) mass is 265 g/mol. The standard InChI is InChI=1S/C12H19N5O2/c18-8-7-16-3-5-17(6-4-16)12-2-1-11(9-13-12)14-10-15-19/h1-2,9-10,18-19H,3-8H2,(H,14,15). The smallest absolute Gasteiger partial charge is 0.128 e. The predicted molar refractivity (Wildman–Crippen MR) is 73.1 cm³/mol. The first-order valence-electron chi connectivity index (χ1n) is 6.30. The van der Waals surface area contributed by atoms with Gasteiger partial charge in [0.2, 0.25) is 0 Å². The molecule has 3 N–H and O–H groups in total. The Kier molecular flexibility index (Phi) is 5.08. The third-order valence-electron chi connectivity index (χ3n) is 3.12. The van der Waals surface area contributed by atoms with E-state index in [-0.39, 0.29) is 6.61 Å². The van der Waals surface area contributed by atoms with Gasteiger partial charge < -0.3 is 10.0 Å². The van der Waals surface area contributed by atoms with Gasteiger partial charge in [0.25, 0.3) is 0 Å². The highest BCUT2D eigenvalue weighted by molar-refractivity contribution is 5.59. The lowest BCUT2D eigenvalue weighted by atomic mass is 10.3. The Labute approximate surface area is 112 Å². The molecule has 1 aliphatic heterocycles. The van der Waals surface area contributed by atoms with Crippen LogP contribution in [0.15, 0.2) is 23.3 Å². The lowest BCUT2D eigenvalue weighted by Gasteiger charge is -2.35. The topological polar surface area (TPSA) is 84.2 Å². The largest absolute Gasteiger partial charge is 0.395 e. The van der Waals surface area contributed by atoms with Crippen LogP contribution in [0, 0.1) is 0 Å². The molecule has 2 rings (SSSR count). The molecule has 2 heterocycles. The van der Waals surface area contributed by atoms with Crippen LogP contribution in [0.2, 0.25) is 0 Å². The number of hydroxylamine groups is 1. The zero-order valence-electron chi connectivity index (χ0n) is 10.7. The molecule has 1 fully saturated rings. The fourth-order valence-electron chi connectivity index (χ4n) is 2.09. The summed E-state index contributed by atoms with van der Waals surface area (Å²) in [6, 6.07) is 3.78. The summed E-state index contributed by atoms with van der Waals surface area (Å²) < 4.78 is 0. The number of anilines is 1. The lowest BCUT2D eigenvalue weighted by Crippen LogP contribution is -2.47. The minimum Gasteiger partial charge on any atom is -0.395 e. The summed E-state index contributed by atoms with van der Waals surface area (Å²) in [7, 11) is 0. The molecule has 0 saturated carbocycles. The molecule has 0 atom stereocenters. The van der Waals surface area contributed by atoms with Crippen LogP contribution in [-0.4, -0.2) is 65.9 Å². The molecule has 7 heteroatoms. The third kappa shape index (κ3) is 3.88. The van der Waals surface area contributed by atoms with Crippen LogP contribution in [0.1, 0.15) is 0 Å². The van der Waals surface area contributed by atoms with E-state index in [0.717, 1.165) is 38.5 Å². The van der Waals surface area contributed by atoms with E-state index < -0.39 is 0 Å². The van der Waals surface area contributed by atoms with Crippen molar-refractivity contribution in [3.8, 4) is 0 Å². The highest BCUT2D eigenvalue weighted by atomic mass is 16.5. The molecule has 0 aliphatic carbocycles. The molecule has 7 nitrogen and oxygen atoms in total. The summed E-state index contributed by atoms with van der Waals surface area (Å²) in [4.78, 5) is 12.8. The maximum Gasteiger partial charge on any atom is 0.128 e. The maximum absolute atomic E-state index is 8.90. The summed E-state index contributed by atoms with van der Waals surface area (Å²) in [5, 5.41) is 17.3. The van der Waals surface area contributed by atoms with Gasteiger partial charge in [0.1, 0.15) is 12.2 Å². The van der Waals surface area contributed by atoms with Crippen molar-refractivity contribution in [2.45, 2.75) is 0 Å². The SMILES string of the molecule is OCCN1CCN(c2ccc(N=CNO)cn2)CC1. The van der Waals surface area contributed by atoms with Crippen LogP contribution >= 0.6 is 0 Å². The van der Waals surface area contributed by atoms with E-state index in [4.69, 9.17) is 10.3 Å². The van der Waals surface area contributed by atoms with Crippen LogP contribution in [0.4, 0.5) is 11.5 Å². The number of aliphatic hydroxyl groups is 1. The third-order valence-corrected chi connectivity index (χ3v) is 3.12. The van der Waals surface area contributed by atoms with Crippen molar-refractivity contribution in [3.05, 3.63) is 18.3 Å². The van der Waals surface area contributed by atoms with Crippen molar-refractivity contribution in [2.75, 3.05) is 44.2 Å². The Hall–Kier alpha value is -1.70. The van der Waals surface area contributed by atoms with E-state index in [1.165, 1.54) is 6.34 Å². The highest BCUT2D eigenvalue weighted by Crippen LogP contribution is 2.17. The molecule has 19 heavy (non-hydrogen) atoms. The normalized spacial score (nSPS) is 17.1. The Bertz CT molecular complexity index is 401. The zero-order chi connectivity index (χ0) is 13.5. The van der Waals surface area contributed by atoms with Gasteiger partial charge in [-0.15, -0.1) is 0 Å².